The van der Waals surface area contributed by atoms with E-state index in [1.165, 1.54) is 11.0 Å². The molecule has 0 saturated heterocycles. The second-order valence-electron chi connectivity index (χ2n) is 3.98. The van der Waals surface area contributed by atoms with E-state index in [2.05, 4.69) is 10.3 Å². The number of carbonyl (C=O) groups excluding carboxylic acids is 1. The van der Waals surface area contributed by atoms with Crippen molar-refractivity contribution in [2.45, 2.75) is 13.8 Å². The number of nitrogens with zero attached hydrogens (tertiary/aromatic N) is 3. The molecule has 8 heteroatoms. The molecule has 20 heavy (non-hydrogen) atoms. The van der Waals surface area contributed by atoms with E-state index in [1.54, 1.807) is 6.92 Å². The van der Waals surface area contributed by atoms with Gasteiger partial charge in [0.25, 0.3) is 11.6 Å². The Hall–Kier alpha value is -2.22. The van der Waals surface area contributed by atoms with Crippen molar-refractivity contribution in [1.29, 1.82) is 0 Å². The number of aliphatic hydroxyl groups excluding tert-OH is 1. The minimum absolute atomic E-state index is 0.0312. The third-order valence-electron chi connectivity index (χ3n) is 2.71. The molecule has 0 fully saturated rings. The Bertz CT molecular complexity index is 492. The predicted molar refractivity (Wildman–Crippen MR) is 73.7 cm³/mol. The lowest BCUT2D eigenvalue weighted by Gasteiger charge is -2.19. The summed E-state index contributed by atoms with van der Waals surface area (Å²) in [5.74, 6) is -0.0868. The molecular formula is C12H18N4O4. The Labute approximate surface area is 116 Å². The second kappa shape index (κ2) is 7.39. The standard InChI is InChI=1S/C12H18N4O4/c1-3-13-11-7-9(10(8-14-11)16(19)20)12(18)15(4-2)5-6-17/h7-8,17H,3-6H2,1-2H3,(H,13,14). The highest BCUT2D eigenvalue weighted by atomic mass is 16.6. The van der Waals surface area contributed by atoms with Gasteiger partial charge < -0.3 is 15.3 Å². The van der Waals surface area contributed by atoms with Gasteiger partial charge in [0.15, 0.2) is 0 Å². The zero-order chi connectivity index (χ0) is 15.1. The largest absolute Gasteiger partial charge is 0.395 e. The van der Waals surface area contributed by atoms with Crippen LogP contribution in [0.5, 0.6) is 0 Å². The van der Waals surface area contributed by atoms with Gasteiger partial charge in [-0.2, -0.15) is 0 Å². The zero-order valence-corrected chi connectivity index (χ0v) is 11.5. The average molecular weight is 282 g/mol. The molecule has 0 spiro atoms. The number of amides is 1. The lowest BCUT2D eigenvalue weighted by atomic mass is 10.2. The molecule has 8 nitrogen and oxygen atoms in total. The number of anilines is 1. The topological polar surface area (TPSA) is 109 Å². The van der Waals surface area contributed by atoms with Gasteiger partial charge in [-0.15, -0.1) is 0 Å². The Balaban J connectivity index is 3.20. The van der Waals surface area contributed by atoms with Gasteiger partial charge in [-0.05, 0) is 13.8 Å². The number of carbonyl (C=O) groups is 1. The van der Waals surface area contributed by atoms with Crippen molar-refractivity contribution >= 4 is 17.4 Å². The molecule has 0 atom stereocenters. The fourth-order valence-corrected chi connectivity index (χ4v) is 1.74. The van der Waals surface area contributed by atoms with Crippen LogP contribution < -0.4 is 5.32 Å². The summed E-state index contributed by atoms with van der Waals surface area (Å²) in [6.07, 6.45) is 1.07. The van der Waals surface area contributed by atoms with Crippen molar-refractivity contribution in [2.75, 3.05) is 31.6 Å². The van der Waals surface area contributed by atoms with E-state index < -0.39 is 10.8 Å². The lowest BCUT2D eigenvalue weighted by Crippen LogP contribution is -2.33. The minimum Gasteiger partial charge on any atom is -0.395 e. The first-order valence-corrected chi connectivity index (χ1v) is 6.33. The monoisotopic (exact) mass is 282 g/mol. The molecule has 0 aliphatic carbocycles. The van der Waals surface area contributed by atoms with Gasteiger partial charge in [0.2, 0.25) is 0 Å². The van der Waals surface area contributed by atoms with Crippen molar-refractivity contribution in [3.63, 3.8) is 0 Å². The summed E-state index contributed by atoms with van der Waals surface area (Å²) in [6, 6.07) is 1.37. The second-order valence-corrected chi connectivity index (χ2v) is 3.98. The Morgan fingerprint density at radius 3 is 2.75 bits per heavy atom. The van der Waals surface area contributed by atoms with Crippen LogP contribution >= 0.6 is 0 Å². The molecule has 110 valence electrons. The molecule has 0 bridgehead atoms. The first kappa shape index (κ1) is 15.8. The van der Waals surface area contributed by atoms with Gasteiger partial charge in [-0.25, -0.2) is 4.98 Å². The molecule has 1 aromatic rings. The van der Waals surface area contributed by atoms with E-state index in [-0.39, 0.29) is 24.4 Å². The molecule has 0 aliphatic rings. The van der Waals surface area contributed by atoms with Gasteiger partial charge >= 0.3 is 0 Å². The van der Waals surface area contributed by atoms with E-state index in [9.17, 15) is 14.9 Å². The summed E-state index contributed by atoms with van der Waals surface area (Å²) in [5, 5.41) is 22.8. The van der Waals surface area contributed by atoms with Gasteiger partial charge in [-0.3, -0.25) is 14.9 Å². The van der Waals surface area contributed by atoms with Crippen molar-refractivity contribution in [1.82, 2.24) is 9.88 Å². The van der Waals surface area contributed by atoms with Crippen molar-refractivity contribution < 1.29 is 14.8 Å². The number of hydrogen-bond donors (Lipinski definition) is 2. The van der Waals surface area contributed by atoms with Crippen LogP contribution in [0, 0.1) is 10.1 Å². The van der Waals surface area contributed by atoms with Gasteiger partial charge in [-0.1, -0.05) is 0 Å². The van der Waals surface area contributed by atoms with Crippen molar-refractivity contribution in [3.8, 4) is 0 Å². The van der Waals surface area contributed by atoms with E-state index in [1.807, 2.05) is 6.92 Å². The molecule has 1 amide bonds. The lowest BCUT2D eigenvalue weighted by molar-refractivity contribution is -0.385. The van der Waals surface area contributed by atoms with E-state index in [0.717, 1.165) is 6.20 Å². The Morgan fingerprint density at radius 1 is 1.55 bits per heavy atom. The highest BCUT2D eigenvalue weighted by molar-refractivity contribution is 5.98. The highest BCUT2D eigenvalue weighted by Crippen LogP contribution is 2.22. The average Bonchev–Trinajstić information content (AvgIpc) is 2.44. The number of likely N-dealkylation sites (N-methyl/N-ethyl adjacent to an activating group) is 1. The van der Waals surface area contributed by atoms with Crippen LogP contribution in [0.4, 0.5) is 11.5 Å². The maximum absolute atomic E-state index is 12.3. The molecule has 1 rings (SSSR count). The van der Waals surface area contributed by atoms with Crippen LogP contribution in [0.2, 0.25) is 0 Å². The summed E-state index contributed by atoms with van der Waals surface area (Å²) >= 11 is 0. The highest BCUT2D eigenvalue weighted by Gasteiger charge is 2.25. The molecule has 0 aliphatic heterocycles. The van der Waals surface area contributed by atoms with E-state index >= 15 is 0 Å². The molecule has 1 aromatic heterocycles. The number of nitro groups is 1. The van der Waals surface area contributed by atoms with Crippen LogP contribution in [0.1, 0.15) is 24.2 Å². The number of aliphatic hydroxyl groups is 1. The van der Waals surface area contributed by atoms with Crippen LogP contribution in [0.25, 0.3) is 0 Å². The summed E-state index contributed by atoms with van der Waals surface area (Å²) in [7, 11) is 0. The first-order valence-electron chi connectivity index (χ1n) is 6.33. The Kier molecular flexibility index (Phi) is 5.85. The molecular weight excluding hydrogens is 264 g/mol. The number of aromatic nitrogens is 1. The van der Waals surface area contributed by atoms with E-state index in [0.29, 0.717) is 18.9 Å². The minimum atomic E-state index is -0.636. The van der Waals surface area contributed by atoms with Crippen LogP contribution in [0.3, 0.4) is 0 Å². The van der Waals surface area contributed by atoms with Gasteiger partial charge in [0, 0.05) is 25.7 Å². The normalized spacial score (nSPS) is 10.2. The SMILES string of the molecule is CCNc1cc(C(=O)N(CC)CCO)c([N+](=O)[O-])cn1. The summed E-state index contributed by atoms with van der Waals surface area (Å²) < 4.78 is 0. The Morgan fingerprint density at radius 2 is 2.25 bits per heavy atom. The van der Waals surface area contributed by atoms with Crippen molar-refractivity contribution in [2.24, 2.45) is 0 Å². The molecule has 0 aromatic carbocycles. The molecule has 2 N–H and O–H groups in total. The number of pyridine rings is 1. The smallest absolute Gasteiger partial charge is 0.300 e. The summed E-state index contributed by atoms with van der Waals surface area (Å²) in [5.41, 5.74) is -0.371. The third-order valence-corrected chi connectivity index (χ3v) is 2.71. The van der Waals surface area contributed by atoms with Crippen LogP contribution in [-0.2, 0) is 0 Å². The van der Waals surface area contributed by atoms with Crippen molar-refractivity contribution in [3.05, 3.63) is 27.9 Å². The van der Waals surface area contributed by atoms with Crippen LogP contribution in [-0.4, -0.2) is 52.1 Å². The predicted octanol–water partition coefficient (Wildman–Crippen LogP) is 0.876. The molecule has 0 saturated carbocycles. The first-order chi connectivity index (χ1) is 9.54. The number of hydrogen-bond acceptors (Lipinski definition) is 6. The summed E-state index contributed by atoms with van der Waals surface area (Å²) in [6.45, 7) is 4.48. The maximum Gasteiger partial charge on any atom is 0.300 e. The van der Waals surface area contributed by atoms with Gasteiger partial charge in [0.05, 0.1) is 11.5 Å². The third kappa shape index (κ3) is 3.64. The van der Waals surface area contributed by atoms with Gasteiger partial charge in [0.1, 0.15) is 17.6 Å². The van der Waals surface area contributed by atoms with E-state index in [4.69, 9.17) is 5.11 Å². The number of nitrogens with one attached hydrogen (secondary N) is 1. The number of rotatable bonds is 7. The maximum atomic E-state index is 12.3. The molecule has 0 unspecified atom stereocenters. The fraction of sp³-hybridized carbons (Fsp3) is 0.500. The molecule has 0 radical (unpaired) electrons. The zero-order valence-electron chi connectivity index (χ0n) is 11.5. The quantitative estimate of drug-likeness (QED) is 0.567. The van der Waals surface area contributed by atoms with Crippen LogP contribution in [0.15, 0.2) is 12.3 Å². The fourth-order valence-electron chi connectivity index (χ4n) is 1.74. The molecule has 1 heterocycles. The summed E-state index contributed by atoms with van der Waals surface area (Å²) in [4.78, 5) is 27.9.